The van der Waals surface area contributed by atoms with Gasteiger partial charge in [-0.25, -0.2) is 0 Å². The minimum atomic E-state index is -0.640. The van der Waals surface area contributed by atoms with Crippen molar-refractivity contribution in [2.75, 3.05) is 6.66 Å². The van der Waals surface area contributed by atoms with E-state index in [-0.39, 0.29) is 6.10 Å². The molecule has 0 aliphatic rings. The Balaban J connectivity index is 2.95. The fourth-order valence-electron chi connectivity index (χ4n) is 0.333. The number of hydrogen-bond acceptors (Lipinski definition) is 1. The van der Waals surface area contributed by atoms with Gasteiger partial charge in [0.2, 0.25) is 0 Å². The van der Waals surface area contributed by atoms with Gasteiger partial charge in [0.05, 0.1) is 6.10 Å². The van der Waals surface area contributed by atoms with E-state index in [1.54, 1.807) is 0 Å². The van der Waals surface area contributed by atoms with Crippen LogP contribution in [0.2, 0.25) is 0 Å². The van der Waals surface area contributed by atoms with Gasteiger partial charge in [0.15, 0.2) is 0 Å². The van der Waals surface area contributed by atoms with Crippen LogP contribution in [0.3, 0.4) is 0 Å². The summed E-state index contributed by atoms with van der Waals surface area (Å²) in [7, 11) is 4.70. The van der Waals surface area contributed by atoms with Crippen LogP contribution >= 0.6 is 8.03 Å². The molecule has 0 aliphatic heterocycles. The lowest BCUT2D eigenvalue weighted by Gasteiger charge is -2.09. The SMILES string of the molecule is [B]P(C)OC(C)C. The Labute approximate surface area is 47.6 Å². The van der Waals surface area contributed by atoms with Crippen molar-refractivity contribution in [3.63, 3.8) is 0 Å². The molecule has 40 valence electrons. The Morgan fingerprint density at radius 3 is 2.00 bits per heavy atom. The van der Waals surface area contributed by atoms with Gasteiger partial charge in [0.1, 0.15) is 7.57 Å². The predicted octanol–water partition coefficient (Wildman–Crippen LogP) is 1.52. The molecule has 0 rings (SSSR count). The van der Waals surface area contributed by atoms with E-state index in [1.807, 2.05) is 20.5 Å². The quantitative estimate of drug-likeness (QED) is 0.392. The largest absolute Gasteiger partial charge is 0.368 e. The van der Waals surface area contributed by atoms with Gasteiger partial charge in [0, 0.05) is 0 Å². The molecule has 0 saturated carbocycles. The highest BCUT2D eigenvalue weighted by atomic mass is 31.1. The predicted molar refractivity (Wildman–Crippen MR) is 34.8 cm³/mol. The summed E-state index contributed by atoms with van der Waals surface area (Å²) in [4.78, 5) is 0. The van der Waals surface area contributed by atoms with Crippen molar-refractivity contribution in [2.45, 2.75) is 20.0 Å². The zero-order valence-corrected chi connectivity index (χ0v) is 5.90. The third kappa shape index (κ3) is 6.45. The van der Waals surface area contributed by atoms with Crippen LogP contribution in [0.5, 0.6) is 0 Å². The highest BCUT2D eigenvalue weighted by molar-refractivity contribution is 7.77. The van der Waals surface area contributed by atoms with E-state index in [0.717, 1.165) is 0 Å². The fourth-order valence-corrected chi connectivity index (χ4v) is 0.998. The molecule has 0 amide bonds. The maximum Gasteiger partial charge on any atom is 0.148 e. The normalized spacial score (nSPS) is 14.9. The maximum absolute atomic E-state index is 5.34. The molecule has 0 aromatic rings. The molecule has 1 nitrogen and oxygen atoms in total. The minimum absolute atomic E-state index is 0.279. The molecule has 0 bridgehead atoms. The molecule has 0 aromatic carbocycles. The van der Waals surface area contributed by atoms with Crippen LogP contribution in [0.1, 0.15) is 13.8 Å². The van der Waals surface area contributed by atoms with Crippen molar-refractivity contribution in [1.29, 1.82) is 0 Å². The Morgan fingerprint density at radius 1 is 1.57 bits per heavy atom. The second-order valence-electron chi connectivity index (χ2n) is 1.70. The Bertz CT molecular complexity index is 41.0. The van der Waals surface area contributed by atoms with Gasteiger partial charge in [0.25, 0.3) is 0 Å². The van der Waals surface area contributed by atoms with Crippen molar-refractivity contribution in [3.8, 4) is 0 Å². The Morgan fingerprint density at radius 2 is 2.00 bits per heavy atom. The van der Waals surface area contributed by atoms with E-state index < -0.39 is 8.03 Å². The van der Waals surface area contributed by atoms with Crippen LogP contribution in [0.4, 0.5) is 0 Å². The molecule has 7 heavy (non-hydrogen) atoms. The van der Waals surface area contributed by atoms with E-state index in [9.17, 15) is 0 Å². The van der Waals surface area contributed by atoms with Crippen molar-refractivity contribution < 1.29 is 4.52 Å². The van der Waals surface area contributed by atoms with Crippen LogP contribution in [-0.2, 0) is 4.52 Å². The molecule has 0 N–H and O–H groups in total. The first kappa shape index (κ1) is 7.45. The molecular weight excluding hydrogens is 106 g/mol. The lowest BCUT2D eigenvalue weighted by molar-refractivity contribution is 0.278. The van der Waals surface area contributed by atoms with Crippen LogP contribution in [-0.4, -0.2) is 20.3 Å². The van der Waals surface area contributed by atoms with E-state index in [2.05, 4.69) is 0 Å². The van der Waals surface area contributed by atoms with Gasteiger partial charge >= 0.3 is 0 Å². The standard InChI is InChI=1S/C4H10BOP/c1-4(2)6-7(3)5/h4H,1-3H3. The molecule has 0 fully saturated rings. The van der Waals surface area contributed by atoms with Crippen LogP contribution in [0.25, 0.3) is 0 Å². The summed E-state index contributed by atoms with van der Waals surface area (Å²) in [5.74, 6) is 0. The van der Waals surface area contributed by atoms with Crippen molar-refractivity contribution in [3.05, 3.63) is 0 Å². The first-order valence-electron chi connectivity index (χ1n) is 2.28. The molecular formula is C4H10BOP. The highest BCUT2D eigenvalue weighted by Gasteiger charge is 1.93. The van der Waals surface area contributed by atoms with Gasteiger partial charge in [-0.2, -0.15) is 0 Å². The van der Waals surface area contributed by atoms with Crippen LogP contribution in [0, 0.1) is 0 Å². The third-order valence-corrected chi connectivity index (χ3v) is 1.13. The van der Waals surface area contributed by atoms with Crippen molar-refractivity contribution in [1.82, 2.24) is 0 Å². The summed E-state index contributed by atoms with van der Waals surface area (Å²) in [6.07, 6.45) is 0.279. The summed E-state index contributed by atoms with van der Waals surface area (Å²) in [6.45, 7) is 5.84. The van der Waals surface area contributed by atoms with Gasteiger partial charge < -0.3 is 4.52 Å². The first-order valence-corrected chi connectivity index (χ1v) is 4.05. The Hall–Kier alpha value is 0.455. The number of rotatable bonds is 2. The summed E-state index contributed by atoms with van der Waals surface area (Å²) in [5, 5.41) is 0. The maximum atomic E-state index is 5.34. The van der Waals surface area contributed by atoms with E-state index >= 15 is 0 Å². The topological polar surface area (TPSA) is 9.23 Å². The molecule has 0 spiro atoms. The fraction of sp³-hybridized carbons (Fsp3) is 1.00. The van der Waals surface area contributed by atoms with Crippen molar-refractivity contribution in [2.24, 2.45) is 0 Å². The summed E-state index contributed by atoms with van der Waals surface area (Å²) < 4.78 is 5.09. The van der Waals surface area contributed by atoms with Crippen molar-refractivity contribution >= 4 is 15.6 Å². The lowest BCUT2D eigenvalue weighted by atomic mass is 10.5. The zero-order chi connectivity index (χ0) is 5.86. The van der Waals surface area contributed by atoms with Gasteiger partial charge in [-0.1, -0.05) is 0 Å². The summed E-state index contributed by atoms with van der Waals surface area (Å²) in [6, 6.07) is 0. The van der Waals surface area contributed by atoms with Gasteiger partial charge in [-0.3, -0.25) is 0 Å². The second kappa shape index (κ2) is 3.46. The minimum Gasteiger partial charge on any atom is -0.368 e. The molecule has 1 atom stereocenters. The van der Waals surface area contributed by atoms with Crippen LogP contribution < -0.4 is 0 Å². The monoisotopic (exact) mass is 116 g/mol. The van der Waals surface area contributed by atoms with E-state index in [0.29, 0.717) is 0 Å². The van der Waals surface area contributed by atoms with Crippen LogP contribution in [0.15, 0.2) is 0 Å². The average molecular weight is 116 g/mol. The van der Waals surface area contributed by atoms with Gasteiger partial charge in [-0.05, 0) is 28.5 Å². The smallest absolute Gasteiger partial charge is 0.148 e. The molecule has 1 unspecified atom stereocenters. The first-order chi connectivity index (χ1) is 3.13. The molecule has 0 aromatic heterocycles. The second-order valence-corrected chi connectivity index (χ2v) is 3.00. The molecule has 0 saturated heterocycles. The number of hydrogen-bond donors (Lipinski definition) is 0. The zero-order valence-electron chi connectivity index (χ0n) is 5.01. The average Bonchev–Trinajstić information content (AvgIpc) is 1.27. The Kier molecular flexibility index (Phi) is 3.68. The van der Waals surface area contributed by atoms with Gasteiger partial charge in [-0.15, -0.1) is 0 Å². The molecule has 3 heteroatoms. The highest BCUT2D eigenvalue weighted by Crippen LogP contribution is 2.25. The lowest BCUT2D eigenvalue weighted by Crippen LogP contribution is -1.95. The summed E-state index contributed by atoms with van der Waals surface area (Å²) in [5.41, 5.74) is 0. The molecule has 0 heterocycles. The molecule has 0 aliphatic carbocycles. The summed E-state index contributed by atoms with van der Waals surface area (Å²) >= 11 is 0. The van der Waals surface area contributed by atoms with E-state index in [4.69, 9.17) is 12.1 Å². The van der Waals surface area contributed by atoms with E-state index in [1.165, 1.54) is 0 Å². The third-order valence-electron chi connectivity index (χ3n) is 0.377. The molecule has 2 radical (unpaired) electrons.